The van der Waals surface area contributed by atoms with E-state index in [1.807, 2.05) is 16.8 Å². The van der Waals surface area contributed by atoms with Crippen LogP contribution in [-0.2, 0) is 0 Å². The van der Waals surface area contributed by atoms with E-state index in [0.29, 0.717) is 11.7 Å². The third kappa shape index (κ3) is 2.05. The second-order valence-corrected chi connectivity index (χ2v) is 4.78. The fourth-order valence-electron chi connectivity index (χ4n) is 1.85. The molecule has 0 amide bonds. The van der Waals surface area contributed by atoms with Crippen molar-refractivity contribution in [2.45, 2.75) is 33.6 Å². The van der Waals surface area contributed by atoms with Crippen molar-refractivity contribution in [3.8, 4) is 5.69 Å². The highest BCUT2D eigenvalue weighted by molar-refractivity contribution is 5.50. The van der Waals surface area contributed by atoms with Crippen LogP contribution in [-0.4, -0.2) is 9.78 Å². The van der Waals surface area contributed by atoms with Crippen molar-refractivity contribution in [3.05, 3.63) is 41.1 Å². The van der Waals surface area contributed by atoms with Crippen LogP contribution in [0.25, 0.3) is 5.69 Å². The maximum atomic E-state index is 6.03. The minimum absolute atomic E-state index is 0.392. The van der Waals surface area contributed by atoms with E-state index in [1.54, 1.807) is 0 Å². The van der Waals surface area contributed by atoms with E-state index in [1.165, 1.54) is 11.1 Å². The lowest BCUT2D eigenvalue weighted by molar-refractivity contribution is 0.768. The van der Waals surface area contributed by atoms with Gasteiger partial charge >= 0.3 is 0 Å². The largest absolute Gasteiger partial charge is 0.384 e. The second kappa shape index (κ2) is 4.24. The number of benzene rings is 1. The van der Waals surface area contributed by atoms with Gasteiger partial charge in [-0.3, -0.25) is 0 Å². The predicted molar refractivity (Wildman–Crippen MR) is 71.5 cm³/mol. The van der Waals surface area contributed by atoms with E-state index in [4.69, 9.17) is 5.73 Å². The first-order valence-electron chi connectivity index (χ1n) is 5.92. The summed E-state index contributed by atoms with van der Waals surface area (Å²) >= 11 is 0. The smallest absolute Gasteiger partial charge is 0.127 e. The molecule has 0 saturated heterocycles. The summed E-state index contributed by atoms with van der Waals surface area (Å²) in [5.41, 5.74) is 10.6. The van der Waals surface area contributed by atoms with Gasteiger partial charge in [-0.15, -0.1) is 0 Å². The van der Waals surface area contributed by atoms with Crippen molar-refractivity contribution in [2.24, 2.45) is 0 Å². The molecule has 2 aromatic rings. The van der Waals surface area contributed by atoms with Crippen LogP contribution in [0.2, 0.25) is 0 Å². The van der Waals surface area contributed by atoms with Crippen molar-refractivity contribution in [1.29, 1.82) is 0 Å². The zero-order valence-electron chi connectivity index (χ0n) is 10.9. The summed E-state index contributed by atoms with van der Waals surface area (Å²) in [6.45, 7) is 8.44. The molecule has 1 aromatic carbocycles. The molecule has 0 aliphatic carbocycles. The molecule has 0 spiro atoms. The summed E-state index contributed by atoms with van der Waals surface area (Å²) in [6, 6.07) is 8.14. The Balaban J connectivity index is 2.57. The number of hydrogen-bond acceptors (Lipinski definition) is 2. The molecule has 0 aliphatic rings. The normalized spacial score (nSPS) is 11.1. The van der Waals surface area contributed by atoms with Gasteiger partial charge in [0.05, 0.1) is 11.4 Å². The van der Waals surface area contributed by atoms with E-state index in [9.17, 15) is 0 Å². The summed E-state index contributed by atoms with van der Waals surface area (Å²) in [7, 11) is 0. The van der Waals surface area contributed by atoms with E-state index in [2.05, 4.69) is 44.9 Å². The first-order chi connectivity index (χ1) is 8.00. The van der Waals surface area contributed by atoms with Gasteiger partial charge in [0.1, 0.15) is 5.82 Å². The Labute approximate surface area is 102 Å². The molecule has 0 saturated carbocycles. The standard InChI is InChI=1S/C14H19N3/c1-9(2)12-8-14(15)17(16-12)13-7-5-6-10(3)11(13)4/h5-9H,15H2,1-4H3. The number of rotatable bonds is 2. The van der Waals surface area contributed by atoms with Gasteiger partial charge in [0.2, 0.25) is 0 Å². The lowest BCUT2D eigenvalue weighted by Crippen LogP contribution is -2.04. The highest BCUT2D eigenvalue weighted by atomic mass is 15.3. The van der Waals surface area contributed by atoms with Crippen molar-refractivity contribution >= 4 is 5.82 Å². The zero-order chi connectivity index (χ0) is 12.6. The van der Waals surface area contributed by atoms with Gasteiger partial charge in [0, 0.05) is 6.07 Å². The first-order valence-corrected chi connectivity index (χ1v) is 5.92. The van der Waals surface area contributed by atoms with Crippen LogP contribution in [0.1, 0.15) is 36.6 Å². The van der Waals surface area contributed by atoms with Gasteiger partial charge in [0.15, 0.2) is 0 Å². The molecule has 2 N–H and O–H groups in total. The molecule has 3 heteroatoms. The molecule has 0 radical (unpaired) electrons. The Morgan fingerprint density at radius 3 is 2.53 bits per heavy atom. The number of hydrogen-bond donors (Lipinski definition) is 1. The van der Waals surface area contributed by atoms with Crippen molar-refractivity contribution < 1.29 is 0 Å². The van der Waals surface area contributed by atoms with Crippen LogP contribution >= 0.6 is 0 Å². The van der Waals surface area contributed by atoms with Gasteiger partial charge in [-0.25, -0.2) is 4.68 Å². The van der Waals surface area contributed by atoms with Gasteiger partial charge in [-0.2, -0.15) is 5.10 Å². The van der Waals surface area contributed by atoms with Gasteiger partial charge < -0.3 is 5.73 Å². The second-order valence-electron chi connectivity index (χ2n) is 4.78. The number of nitrogens with two attached hydrogens (primary N) is 1. The molecular formula is C14H19N3. The van der Waals surface area contributed by atoms with E-state index < -0.39 is 0 Å². The minimum atomic E-state index is 0.392. The maximum absolute atomic E-state index is 6.03. The Kier molecular flexibility index (Phi) is 2.92. The summed E-state index contributed by atoms with van der Waals surface area (Å²) in [4.78, 5) is 0. The van der Waals surface area contributed by atoms with E-state index >= 15 is 0 Å². The molecule has 90 valence electrons. The molecule has 0 fully saturated rings. The molecule has 17 heavy (non-hydrogen) atoms. The lowest BCUT2D eigenvalue weighted by Gasteiger charge is -2.09. The van der Waals surface area contributed by atoms with Crippen LogP contribution < -0.4 is 5.73 Å². The van der Waals surface area contributed by atoms with Crippen molar-refractivity contribution in [2.75, 3.05) is 5.73 Å². The molecule has 0 aliphatic heterocycles. The average Bonchev–Trinajstić information content (AvgIpc) is 2.65. The van der Waals surface area contributed by atoms with E-state index in [0.717, 1.165) is 11.4 Å². The van der Waals surface area contributed by atoms with Gasteiger partial charge in [-0.05, 0) is 37.0 Å². The summed E-state index contributed by atoms with van der Waals surface area (Å²) in [6.07, 6.45) is 0. The van der Waals surface area contributed by atoms with Gasteiger partial charge in [-0.1, -0.05) is 26.0 Å². The number of aromatic nitrogens is 2. The van der Waals surface area contributed by atoms with Crippen LogP contribution in [0.4, 0.5) is 5.82 Å². The molecule has 2 rings (SSSR count). The van der Waals surface area contributed by atoms with E-state index in [-0.39, 0.29) is 0 Å². The Morgan fingerprint density at radius 2 is 1.94 bits per heavy atom. The van der Waals surface area contributed by atoms with Crippen LogP contribution in [0.3, 0.4) is 0 Å². The van der Waals surface area contributed by atoms with Gasteiger partial charge in [0.25, 0.3) is 0 Å². The average molecular weight is 229 g/mol. The maximum Gasteiger partial charge on any atom is 0.127 e. The number of nitrogens with zero attached hydrogens (tertiary/aromatic N) is 2. The molecule has 0 bridgehead atoms. The Bertz CT molecular complexity index is 538. The molecule has 0 unspecified atom stereocenters. The lowest BCUT2D eigenvalue weighted by atomic mass is 10.1. The summed E-state index contributed by atoms with van der Waals surface area (Å²) in [5, 5.41) is 4.57. The third-order valence-electron chi connectivity index (χ3n) is 3.15. The molecule has 1 heterocycles. The van der Waals surface area contributed by atoms with Crippen LogP contribution in [0, 0.1) is 13.8 Å². The quantitative estimate of drug-likeness (QED) is 0.859. The van der Waals surface area contributed by atoms with Crippen LogP contribution in [0.5, 0.6) is 0 Å². The first kappa shape index (κ1) is 11.7. The number of nitrogen functional groups attached to an aromatic ring is 1. The Morgan fingerprint density at radius 1 is 1.24 bits per heavy atom. The molecule has 3 nitrogen and oxygen atoms in total. The number of aryl methyl sites for hydroxylation is 1. The zero-order valence-corrected chi connectivity index (χ0v) is 10.9. The Hall–Kier alpha value is -1.77. The molecule has 0 atom stereocenters. The van der Waals surface area contributed by atoms with Crippen molar-refractivity contribution in [1.82, 2.24) is 9.78 Å². The molecular weight excluding hydrogens is 210 g/mol. The summed E-state index contributed by atoms with van der Waals surface area (Å²) < 4.78 is 1.83. The fraction of sp³-hybridized carbons (Fsp3) is 0.357. The highest BCUT2D eigenvalue weighted by Crippen LogP contribution is 2.23. The monoisotopic (exact) mass is 229 g/mol. The molecule has 1 aromatic heterocycles. The highest BCUT2D eigenvalue weighted by Gasteiger charge is 2.11. The SMILES string of the molecule is Cc1cccc(-n2nc(C(C)C)cc2N)c1C. The predicted octanol–water partition coefficient (Wildman–Crippen LogP) is 3.19. The number of anilines is 1. The van der Waals surface area contributed by atoms with Crippen LogP contribution in [0.15, 0.2) is 24.3 Å². The fourth-order valence-corrected chi connectivity index (χ4v) is 1.85. The summed E-state index contributed by atoms with van der Waals surface area (Å²) in [5.74, 6) is 1.09. The third-order valence-corrected chi connectivity index (χ3v) is 3.15. The topological polar surface area (TPSA) is 43.8 Å². The minimum Gasteiger partial charge on any atom is -0.384 e. The van der Waals surface area contributed by atoms with Crippen molar-refractivity contribution in [3.63, 3.8) is 0 Å².